The molecule has 5 rings (SSSR count). The van der Waals surface area contributed by atoms with Crippen molar-refractivity contribution >= 4 is 56.4 Å². The van der Waals surface area contributed by atoms with Crippen molar-refractivity contribution in [1.29, 1.82) is 0 Å². The third kappa shape index (κ3) is 6.02. The van der Waals surface area contributed by atoms with Crippen LogP contribution in [-0.2, 0) is 16.7 Å². The molecule has 1 aliphatic carbocycles. The Hall–Kier alpha value is -2.16. The Balaban J connectivity index is 1.35. The predicted molar refractivity (Wildman–Crippen MR) is 145 cm³/mol. The van der Waals surface area contributed by atoms with Gasteiger partial charge in [0.2, 0.25) is 5.78 Å². The van der Waals surface area contributed by atoms with E-state index in [0.717, 1.165) is 24.1 Å². The Labute approximate surface area is 233 Å². The molecule has 4 atom stereocenters. The molecule has 0 radical (unpaired) electrons. The maximum atomic E-state index is 13.6. The summed E-state index contributed by atoms with van der Waals surface area (Å²) in [7, 11) is -4.36. The zero-order valence-electron chi connectivity index (χ0n) is 19.9. The lowest BCUT2D eigenvalue weighted by molar-refractivity contribution is 0.104. The fourth-order valence-corrected chi connectivity index (χ4v) is 6.98. The molecule has 5 N–H and O–H groups in total. The average Bonchev–Trinajstić information content (AvgIpc) is 3.43. The molecule has 1 saturated carbocycles. The van der Waals surface area contributed by atoms with Gasteiger partial charge in [0.15, 0.2) is 0 Å². The highest BCUT2D eigenvalue weighted by atomic mass is 35.5. The van der Waals surface area contributed by atoms with Crippen LogP contribution in [0.5, 0.6) is 0 Å². The van der Waals surface area contributed by atoms with Crippen LogP contribution in [0.3, 0.4) is 0 Å². The molecule has 10 nitrogen and oxygen atoms in total. The second-order valence-corrected chi connectivity index (χ2v) is 12.7. The molecule has 0 unspecified atom stereocenters. The maximum Gasteiger partial charge on any atom is 0.333 e. The first-order chi connectivity index (χ1) is 18.1. The number of aliphatic hydroxyl groups excluding tert-OH is 1. The van der Waals surface area contributed by atoms with Crippen molar-refractivity contribution in [3.8, 4) is 0 Å². The summed E-state index contributed by atoms with van der Waals surface area (Å²) in [6.07, 6.45) is 3.56. The van der Waals surface area contributed by atoms with Crippen molar-refractivity contribution in [2.75, 3.05) is 18.4 Å². The van der Waals surface area contributed by atoms with E-state index in [1.165, 1.54) is 29.4 Å². The largest absolute Gasteiger partial charge is 0.393 e. The molecule has 0 saturated heterocycles. The molecule has 3 aromatic rings. The number of benzene rings is 1. The van der Waals surface area contributed by atoms with Crippen LogP contribution < -0.4 is 15.4 Å². The third-order valence-corrected chi connectivity index (χ3v) is 9.05. The van der Waals surface area contributed by atoms with Crippen molar-refractivity contribution in [2.45, 2.75) is 37.5 Å². The van der Waals surface area contributed by atoms with Gasteiger partial charge in [-0.25, -0.2) is 9.97 Å². The first-order valence-electron chi connectivity index (χ1n) is 11.9. The summed E-state index contributed by atoms with van der Waals surface area (Å²) in [5.74, 6) is -0.394. The highest BCUT2D eigenvalue weighted by molar-refractivity contribution is 7.83. The summed E-state index contributed by atoms with van der Waals surface area (Å²) in [6, 6.07) is 7.13. The molecular weight excluding hydrogens is 573 g/mol. The number of hydrogen-bond donors (Lipinski definition) is 5. The predicted octanol–water partition coefficient (Wildman–Crippen LogP) is 3.25. The first-order valence-corrected chi connectivity index (χ1v) is 14.9. The molecule has 202 valence electrons. The zero-order chi connectivity index (χ0) is 27.0. The highest BCUT2D eigenvalue weighted by Gasteiger charge is 2.34. The van der Waals surface area contributed by atoms with E-state index in [1.807, 2.05) is 22.9 Å². The SMILES string of the molecule is O=C(c1cc([C@H]2NCCc3ccc(Cl)cc32)c(Cl)s1)c1cncnc1N[C@@H]1C[C@H](CNS(=O)(=O)O)[C@@H](O)C1. The Kier molecular flexibility index (Phi) is 8.04. The third-order valence-electron chi connectivity index (χ3n) is 6.89. The van der Waals surface area contributed by atoms with E-state index in [0.29, 0.717) is 32.9 Å². The number of anilines is 1. The molecule has 1 aliphatic heterocycles. The van der Waals surface area contributed by atoms with Crippen molar-refractivity contribution < 1.29 is 22.9 Å². The van der Waals surface area contributed by atoms with Gasteiger partial charge in [-0.3, -0.25) is 9.35 Å². The minimum Gasteiger partial charge on any atom is -0.393 e. The van der Waals surface area contributed by atoms with Crippen LogP contribution >= 0.6 is 34.5 Å². The Bertz CT molecular complexity index is 1470. The van der Waals surface area contributed by atoms with Crippen LogP contribution in [0.4, 0.5) is 5.82 Å². The number of aromatic nitrogens is 2. The monoisotopic (exact) mass is 597 g/mol. The Morgan fingerprint density at radius 2 is 2.03 bits per heavy atom. The zero-order valence-corrected chi connectivity index (χ0v) is 23.0. The molecular formula is C24H25Cl2N5O5S2. The van der Waals surface area contributed by atoms with E-state index in [2.05, 4.69) is 20.6 Å². The van der Waals surface area contributed by atoms with E-state index >= 15 is 0 Å². The Morgan fingerprint density at radius 1 is 1.21 bits per heavy atom. The summed E-state index contributed by atoms with van der Waals surface area (Å²) in [4.78, 5) is 22.3. The number of carbonyl (C=O) groups excluding carboxylic acids is 1. The molecule has 0 amide bonds. The van der Waals surface area contributed by atoms with Gasteiger partial charge in [-0.15, -0.1) is 11.3 Å². The van der Waals surface area contributed by atoms with Crippen LogP contribution in [0.15, 0.2) is 36.8 Å². The van der Waals surface area contributed by atoms with Gasteiger partial charge in [0.1, 0.15) is 12.1 Å². The fraction of sp³-hybridized carbons (Fsp3) is 0.375. The van der Waals surface area contributed by atoms with Gasteiger partial charge >= 0.3 is 10.3 Å². The average molecular weight is 599 g/mol. The summed E-state index contributed by atoms with van der Waals surface area (Å²) in [5.41, 5.74) is 3.26. The number of ketones is 1. The number of nitrogens with zero attached hydrogens (tertiary/aromatic N) is 2. The number of aliphatic hydroxyl groups is 1. The van der Waals surface area contributed by atoms with Gasteiger partial charge in [-0.1, -0.05) is 29.3 Å². The minimum absolute atomic E-state index is 0.103. The topological polar surface area (TPSA) is 154 Å². The maximum absolute atomic E-state index is 13.6. The molecule has 2 aromatic heterocycles. The normalized spacial score (nSPS) is 23.3. The molecule has 2 aliphatic rings. The fourth-order valence-electron chi connectivity index (χ4n) is 5.08. The van der Waals surface area contributed by atoms with Crippen LogP contribution in [0.1, 0.15) is 50.8 Å². The molecule has 1 aromatic carbocycles. The lowest BCUT2D eigenvalue weighted by Gasteiger charge is -2.27. The summed E-state index contributed by atoms with van der Waals surface area (Å²) < 4.78 is 33.4. The molecule has 14 heteroatoms. The van der Waals surface area contributed by atoms with Gasteiger partial charge in [-0.2, -0.15) is 13.1 Å². The van der Waals surface area contributed by atoms with E-state index in [4.69, 9.17) is 27.8 Å². The van der Waals surface area contributed by atoms with Crippen LogP contribution in [0, 0.1) is 5.92 Å². The van der Waals surface area contributed by atoms with Crippen LogP contribution in [-0.4, -0.2) is 59.1 Å². The lowest BCUT2D eigenvalue weighted by Crippen LogP contribution is -2.32. The van der Waals surface area contributed by atoms with Crippen LogP contribution in [0.2, 0.25) is 9.36 Å². The first kappa shape index (κ1) is 27.4. The number of nitrogens with one attached hydrogen (secondary N) is 3. The number of halogens is 2. The number of rotatable bonds is 8. The number of carbonyl (C=O) groups is 1. The molecule has 1 fully saturated rings. The van der Waals surface area contributed by atoms with Crippen molar-refractivity contribution in [3.05, 3.63) is 73.3 Å². The second-order valence-electron chi connectivity index (χ2n) is 9.40. The molecule has 0 spiro atoms. The van der Waals surface area contributed by atoms with Crippen molar-refractivity contribution in [2.24, 2.45) is 5.92 Å². The summed E-state index contributed by atoms with van der Waals surface area (Å²) in [6.45, 7) is 0.664. The van der Waals surface area contributed by atoms with Gasteiger partial charge in [-0.05, 0) is 48.6 Å². The van der Waals surface area contributed by atoms with Crippen molar-refractivity contribution in [3.63, 3.8) is 0 Å². The highest BCUT2D eigenvalue weighted by Crippen LogP contribution is 2.39. The van der Waals surface area contributed by atoms with Gasteiger partial charge in [0.05, 0.1) is 26.9 Å². The lowest BCUT2D eigenvalue weighted by atomic mass is 9.91. The van der Waals surface area contributed by atoms with Crippen molar-refractivity contribution in [1.82, 2.24) is 20.0 Å². The van der Waals surface area contributed by atoms with Gasteiger partial charge in [0.25, 0.3) is 0 Å². The van der Waals surface area contributed by atoms with E-state index in [9.17, 15) is 18.3 Å². The van der Waals surface area contributed by atoms with Crippen LogP contribution in [0.25, 0.3) is 0 Å². The second kappa shape index (κ2) is 11.1. The van der Waals surface area contributed by atoms with Gasteiger partial charge in [0, 0.05) is 41.8 Å². The molecule has 0 bridgehead atoms. The molecule has 38 heavy (non-hydrogen) atoms. The standard InChI is InChI=1S/C24H25Cl2N5O5S2/c25-14-2-1-12-3-4-28-21(16(12)6-14)17-8-20(37-23(17)26)22(33)18-10-27-11-29-24(18)31-15-5-13(19(32)7-15)9-30-38(34,35)36/h1-2,6,8,10-11,13,15,19,21,28,30,32H,3-5,7,9H2,(H,27,29,31)(H,34,35,36)/t13-,15-,19+,21+/m1/s1. The quantitative estimate of drug-likeness (QED) is 0.194. The number of thiophene rings is 1. The summed E-state index contributed by atoms with van der Waals surface area (Å²) in [5, 5.41) is 17.6. The smallest absolute Gasteiger partial charge is 0.333 e. The molecule has 3 heterocycles. The van der Waals surface area contributed by atoms with E-state index in [1.54, 1.807) is 6.07 Å². The summed E-state index contributed by atoms with van der Waals surface area (Å²) >= 11 is 14.1. The Morgan fingerprint density at radius 3 is 2.82 bits per heavy atom. The van der Waals surface area contributed by atoms with Gasteiger partial charge < -0.3 is 15.7 Å². The number of fused-ring (bicyclic) bond motifs is 1. The number of hydrogen-bond acceptors (Lipinski definition) is 9. The van der Waals surface area contributed by atoms with E-state index in [-0.39, 0.29) is 30.0 Å². The minimum atomic E-state index is -4.36. The van der Waals surface area contributed by atoms with E-state index < -0.39 is 22.3 Å².